The summed E-state index contributed by atoms with van der Waals surface area (Å²) in [6.45, 7) is 7.52. The summed E-state index contributed by atoms with van der Waals surface area (Å²) in [4.78, 5) is 25.3. The predicted molar refractivity (Wildman–Crippen MR) is 105 cm³/mol. The highest BCUT2D eigenvalue weighted by Gasteiger charge is 2.60. The molecule has 0 aromatic heterocycles. The maximum Gasteiger partial charge on any atom is 0.339 e. The van der Waals surface area contributed by atoms with Crippen LogP contribution in [0.3, 0.4) is 0 Å². The van der Waals surface area contributed by atoms with Crippen LogP contribution in [0.25, 0.3) is 0 Å². The number of hydrogen-bond acceptors (Lipinski definition) is 2. The minimum Gasteiger partial charge on any atom is -0.330 e. The van der Waals surface area contributed by atoms with E-state index in [0.717, 1.165) is 11.1 Å². The van der Waals surface area contributed by atoms with Crippen molar-refractivity contribution in [1.82, 2.24) is 20.7 Å². The summed E-state index contributed by atoms with van der Waals surface area (Å²) in [6, 6.07) is 18.6. The van der Waals surface area contributed by atoms with Gasteiger partial charge in [0.25, 0.3) is 0 Å². The van der Waals surface area contributed by atoms with Crippen LogP contribution in [0.1, 0.15) is 50.9 Å². The Labute approximate surface area is 160 Å². The molecule has 142 valence electrons. The van der Waals surface area contributed by atoms with Gasteiger partial charge < -0.3 is 10.6 Å². The van der Waals surface area contributed by atoms with Crippen LogP contribution in [-0.4, -0.2) is 27.7 Å². The molecule has 4 amide bonds. The first-order valence-corrected chi connectivity index (χ1v) is 9.13. The quantitative estimate of drug-likeness (QED) is 0.797. The van der Waals surface area contributed by atoms with Crippen molar-refractivity contribution in [2.24, 2.45) is 0 Å². The monoisotopic (exact) mass is 366 g/mol. The summed E-state index contributed by atoms with van der Waals surface area (Å²) in [5, 5.41) is 8.79. The SMILES string of the molecule is CC(NC(=O)N1N(C(=O)NC(C)c2ccccc2)C1(C)C)c1ccccc1. The molecule has 6 heteroatoms. The fraction of sp³-hybridized carbons (Fsp3) is 0.333. The van der Waals surface area contributed by atoms with Crippen LogP contribution in [-0.2, 0) is 0 Å². The Hall–Kier alpha value is -3.02. The molecule has 1 aliphatic heterocycles. The highest BCUT2D eigenvalue weighted by molar-refractivity contribution is 5.86. The van der Waals surface area contributed by atoms with E-state index in [2.05, 4.69) is 10.6 Å². The first kappa shape index (κ1) is 18.8. The highest BCUT2D eigenvalue weighted by Crippen LogP contribution is 2.39. The van der Waals surface area contributed by atoms with Crippen LogP contribution in [0.4, 0.5) is 9.59 Å². The van der Waals surface area contributed by atoms with Gasteiger partial charge in [-0.1, -0.05) is 60.7 Å². The summed E-state index contributed by atoms with van der Waals surface area (Å²) in [5.74, 6) is 0. The fourth-order valence-electron chi connectivity index (χ4n) is 3.19. The molecule has 1 aliphatic rings. The summed E-state index contributed by atoms with van der Waals surface area (Å²) >= 11 is 0. The van der Waals surface area contributed by atoms with Gasteiger partial charge in [0.2, 0.25) is 0 Å². The normalized spacial score (nSPS) is 17.0. The van der Waals surface area contributed by atoms with Crippen molar-refractivity contribution < 1.29 is 9.59 Å². The second-order valence-electron chi connectivity index (χ2n) is 7.28. The summed E-state index contributed by atoms with van der Waals surface area (Å²) in [5.41, 5.74) is 1.36. The molecule has 2 N–H and O–H groups in total. The van der Waals surface area contributed by atoms with Crippen LogP contribution in [0.15, 0.2) is 60.7 Å². The molecule has 2 aromatic rings. The first-order chi connectivity index (χ1) is 12.8. The molecule has 27 heavy (non-hydrogen) atoms. The number of nitrogens with zero attached hydrogens (tertiary/aromatic N) is 2. The Bertz CT molecular complexity index is 740. The van der Waals surface area contributed by atoms with Crippen molar-refractivity contribution >= 4 is 12.1 Å². The maximum atomic E-state index is 12.7. The van der Waals surface area contributed by atoms with E-state index in [0.29, 0.717) is 0 Å². The van der Waals surface area contributed by atoms with Crippen LogP contribution >= 0.6 is 0 Å². The van der Waals surface area contributed by atoms with Crippen molar-refractivity contribution in [2.45, 2.75) is 45.4 Å². The predicted octanol–water partition coefficient (Wildman–Crippen LogP) is 4.20. The molecule has 6 nitrogen and oxygen atoms in total. The van der Waals surface area contributed by atoms with Gasteiger partial charge in [-0.05, 0) is 38.8 Å². The third-order valence-corrected chi connectivity index (χ3v) is 4.86. The van der Waals surface area contributed by atoms with E-state index in [1.54, 1.807) is 0 Å². The number of carbonyl (C=O) groups excluding carboxylic acids is 2. The molecule has 1 fully saturated rings. The van der Waals surface area contributed by atoms with E-state index in [1.165, 1.54) is 10.0 Å². The van der Waals surface area contributed by atoms with Gasteiger partial charge in [0.15, 0.2) is 5.66 Å². The van der Waals surface area contributed by atoms with Crippen molar-refractivity contribution in [3.63, 3.8) is 0 Å². The molecule has 2 unspecified atom stereocenters. The molecule has 0 spiro atoms. The first-order valence-electron chi connectivity index (χ1n) is 9.13. The standard InChI is InChI=1S/C21H26N4O2/c1-15(17-11-7-5-8-12-17)22-19(26)24-21(3,4)25(24)20(27)23-16(2)18-13-9-6-10-14-18/h5-16H,1-4H3,(H,22,26)(H,23,27). The van der Waals surface area contributed by atoms with Gasteiger partial charge in [0.1, 0.15) is 0 Å². The van der Waals surface area contributed by atoms with Crippen LogP contribution in [0.2, 0.25) is 0 Å². The smallest absolute Gasteiger partial charge is 0.330 e. The minimum atomic E-state index is -0.666. The van der Waals surface area contributed by atoms with E-state index in [-0.39, 0.29) is 24.1 Å². The number of hydrazine groups is 1. The van der Waals surface area contributed by atoms with Gasteiger partial charge in [-0.15, -0.1) is 0 Å². The zero-order chi connectivity index (χ0) is 19.6. The molecule has 2 aromatic carbocycles. The number of urea groups is 2. The van der Waals surface area contributed by atoms with Crippen LogP contribution in [0.5, 0.6) is 0 Å². The number of nitrogens with one attached hydrogen (secondary N) is 2. The second-order valence-corrected chi connectivity index (χ2v) is 7.28. The lowest BCUT2D eigenvalue weighted by Gasteiger charge is -2.16. The van der Waals surface area contributed by atoms with Gasteiger partial charge in [0.05, 0.1) is 12.1 Å². The van der Waals surface area contributed by atoms with Crippen LogP contribution < -0.4 is 10.6 Å². The molecule has 1 heterocycles. The number of benzene rings is 2. The molecule has 0 bridgehead atoms. The van der Waals surface area contributed by atoms with E-state index in [4.69, 9.17) is 0 Å². The summed E-state index contributed by atoms with van der Waals surface area (Å²) in [6.07, 6.45) is 0. The Kier molecular flexibility index (Phi) is 5.08. The van der Waals surface area contributed by atoms with Gasteiger partial charge in [-0.2, -0.15) is 0 Å². The number of amides is 4. The van der Waals surface area contributed by atoms with Crippen molar-refractivity contribution in [2.75, 3.05) is 0 Å². The van der Waals surface area contributed by atoms with Crippen molar-refractivity contribution in [1.29, 1.82) is 0 Å². The average molecular weight is 366 g/mol. The molecule has 2 atom stereocenters. The number of rotatable bonds is 4. The maximum absolute atomic E-state index is 12.7. The zero-order valence-corrected chi connectivity index (χ0v) is 16.1. The lowest BCUT2D eigenvalue weighted by Crippen LogP contribution is -2.37. The Morgan fingerprint density at radius 2 is 1.07 bits per heavy atom. The number of carbonyl (C=O) groups is 2. The fourth-order valence-corrected chi connectivity index (χ4v) is 3.19. The van der Waals surface area contributed by atoms with E-state index in [1.807, 2.05) is 88.4 Å². The molecule has 0 aliphatic carbocycles. The van der Waals surface area contributed by atoms with Gasteiger partial charge in [-0.3, -0.25) is 0 Å². The van der Waals surface area contributed by atoms with E-state index in [9.17, 15) is 9.59 Å². The molecular weight excluding hydrogens is 340 g/mol. The molecule has 0 radical (unpaired) electrons. The van der Waals surface area contributed by atoms with Crippen molar-refractivity contribution in [3.8, 4) is 0 Å². The minimum absolute atomic E-state index is 0.150. The Balaban J connectivity index is 1.62. The van der Waals surface area contributed by atoms with Gasteiger partial charge in [0, 0.05) is 0 Å². The van der Waals surface area contributed by atoms with Crippen molar-refractivity contribution in [3.05, 3.63) is 71.8 Å². The molecule has 1 saturated heterocycles. The van der Waals surface area contributed by atoms with Gasteiger partial charge in [-0.25, -0.2) is 19.6 Å². The lowest BCUT2D eigenvalue weighted by atomic mass is 10.1. The third-order valence-electron chi connectivity index (χ3n) is 4.86. The zero-order valence-electron chi connectivity index (χ0n) is 16.1. The topological polar surface area (TPSA) is 64.2 Å². The van der Waals surface area contributed by atoms with Crippen LogP contribution in [0, 0.1) is 0 Å². The molecular formula is C21H26N4O2. The van der Waals surface area contributed by atoms with E-state index >= 15 is 0 Å². The largest absolute Gasteiger partial charge is 0.339 e. The van der Waals surface area contributed by atoms with E-state index < -0.39 is 5.66 Å². The summed E-state index contributed by atoms with van der Waals surface area (Å²) in [7, 11) is 0. The van der Waals surface area contributed by atoms with Gasteiger partial charge >= 0.3 is 12.1 Å². The average Bonchev–Trinajstić information content (AvgIpc) is 3.25. The Morgan fingerprint density at radius 3 is 1.41 bits per heavy atom. The summed E-state index contributed by atoms with van der Waals surface area (Å²) < 4.78 is 0. The second kappa shape index (κ2) is 7.31. The lowest BCUT2D eigenvalue weighted by molar-refractivity contribution is 0.192. The Morgan fingerprint density at radius 1 is 0.741 bits per heavy atom. The molecule has 0 saturated carbocycles. The highest BCUT2D eigenvalue weighted by atomic mass is 16.2. The third kappa shape index (κ3) is 3.89. The number of hydrogen-bond donors (Lipinski definition) is 2. The molecule has 3 rings (SSSR count).